The molecular formula is C29H30N4O3S. The number of benzene rings is 3. The zero-order chi connectivity index (χ0) is 26.4. The second-order valence-corrected chi connectivity index (χ2v) is 9.81. The van der Waals surface area contributed by atoms with E-state index >= 15 is 0 Å². The predicted octanol–water partition coefficient (Wildman–Crippen LogP) is 4.75. The summed E-state index contributed by atoms with van der Waals surface area (Å²) in [6.07, 6.45) is 0. The maximum Gasteiger partial charge on any atom is 0.295 e. The van der Waals surface area contributed by atoms with Crippen LogP contribution in [0.1, 0.15) is 34.5 Å². The van der Waals surface area contributed by atoms with E-state index in [1.165, 1.54) is 16.4 Å². The Kier molecular flexibility index (Phi) is 8.30. The number of carbonyl (C=O) groups excluding carboxylic acids is 2. The lowest BCUT2D eigenvalue weighted by molar-refractivity contribution is -0.113. The third-order valence-electron chi connectivity index (χ3n) is 6.25. The Morgan fingerprint density at radius 2 is 1.54 bits per heavy atom. The SMILES string of the molecule is Cc1c(NC(=O)CSc2ccccc2C(=O)NC[C@H](C)c2ccccc2)c(=O)n(-c2ccccc2)n1C. The first-order valence-electron chi connectivity index (χ1n) is 12.1. The molecule has 4 aromatic rings. The van der Waals surface area contributed by atoms with Gasteiger partial charge in [0, 0.05) is 18.5 Å². The molecule has 37 heavy (non-hydrogen) atoms. The van der Waals surface area contributed by atoms with E-state index in [0.29, 0.717) is 22.7 Å². The summed E-state index contributed by atoms with van der Waals surface area (Å²) in [5, 5.41) is 5.78. The fourth-order valence-electron chi connectivity index (χ4n) is 4.05. The number of thioether (sulfide) groups is 1. The summed E-state index contributed by atoms with van der Waals surface area (Å²) in [5.74, 6) is -0.270. The smallest absolute Gasteiger partial charge is 0.295 e. The van der Waals surface area contributed by atoms with E-state index in [9.17, 15) is 14.4 Å². The van der Waals surface area contributed by atoms with Crippen LogP contribution in [0.3, 0.4) is 0 Å². The molecule has 0 aliphatic carbocycles. The molecule has 3 aromatic carbocycles. The van der Waals surface area contributed by atoms with Crippen molar-refractivity contribution in [3.63, 3.8) is 0 Å². The maximum absolute atomic E-state index is 13.1. The molecule has 0 radical (unpaired) electrons. The van der Waals surface area contributed by atoms with Crippen LogP contribution in [-0.2, 0) is 11.8 Å². The van der Waals surface area contributed by atoms with Gasteiger partial charge in [-0.25, -0.2) is 4.68 Å². The molecule has 190 valence electrons. The van der Waals surface area contributed by atoms with Crippen molar-refractivity contribution in [3.8, 4) is 5.69 Å². The van der Waals surface area contributed by atoms with Gasteiger partial charge in [0.2, 0.25) is 5.91 Å². The van der Waals surface area contributed by atoms with Crippen LogP contribution in [0.5, 0.6) is 0 Å². The topological polar surface area (TPSA) is 85.1 Å². The van der Waals surface area contributed by atoms with Gasteiger partial charge in [-0.1, -0.05) is 67.6 Å². The van der Waals surface area contributed by atoms with Gasteiger partial charge in [0.15, 0.2) is 0 Å². The third-order valence-corrected chi connectivity index (χ3v) is 7.32. The highest BCUT2D eigenvalue weighted by Gasteiger charge is 2.19. The molecule has 0 unspecified atom stereocenters. The number of rotatable bonds is 9. The van der Waals surface area contributed by atoms with Gasteiger partial charge in [-0.15, -0.1) is 11.8 Å². The Labute approximate surface area is 220 Å². The highest BCUT2D eigenvalue weighted by Crippen LogP contribution is 2.24. The van der Waals surface area contributed by atoms with Crippen LogP contribution in [0.2, 0.25) is 0 Å². The number of para-hydroxylation sites is 1. The van der Waals surface area contributed by atoms with Gasteiger partial charge in [-0.3, -0.25) is 19.1 Å². The van der Waals surface area contributed by atoms with E-state index in [-0.39, 0.29) is 34.7 Å². The first-order valence-corrected chi connectivity index (χ1v) is 13.0. The molecule has 0 saturated carbocycles. The predicted molar refractivity (Wildman–Crippen MR) is 149 cm³/mol. The highest BCUT2D eigenvalue weighted by atomic mass is 32.2. The zero-order valence-corrected chi connectivity index (χ0v) is 21.9. The summed E-state index contributed by atoms with van der Waals surface area (Å²) in [6.45, 7) is 4.36. The number of aromatic nitrogens is 2. The summed E-state index contributed by atoms with van der Waals surface area (Å²) < 4.78 is 3.24. The van der Waals surface area contributed by atoms with E-state index in [0.717, 1.165) is 11.3 Å². The first-order chi connectivity index (χ1) is 17.9. The van der Waals surface area contributed by atoms with Gasteiger partial charge in [-0.05, 0) is 42.7 Å². The van der Waals surface area contributed by atoms with Crippen LogP contribution in [0.15, 0.2) is 94.6 Å². The number of hydrogen-bond donors (Lipinski definition) is 2. The summed E-state index contributed by atoms with van der Waals surface area (Å²) in [7, 11) is 1.78. The summed E-state index contributed by atoms with van der Waals surface area (Å²) in [5.41, 5.74) is 3.00. The number of carbonyl (C=O) groups is 2. The third kappa shape index (κ3) is 6.03. The Morgan fingerprint density at radius 1 is 0.919 bits per heavy atom. The Balaban J connectivity index is 1.40. The Morgan fingerprint density at radius 3 is 2.24 bits per heavy atom. The molecule has 1 heterocycles. The fourth-order valence-corrected chi connectivity index (χ4v) is 4.90. The van der Waals surface area contributed by atoms with Crippen molar-refractivity contribution in [1.82, 2.24) is 14.7 Å². The number of nitrogens with zero attached hydrogens (tertiary/aromatic N) is 2. The molecule has 2 N–H and O–H groups in total. The second-order valence-electron chi connectivity index (χ2n) is 8.79. The molecular weight excluding hydrogens is 484 g/mol. The van der Waals surface area contributed by atoms with Crippen molar-refractivity contribution in [2.24, 2.45) is 7.05 Å². The largest absolute Gasteiger partial charge is 0.351 e. The molecule has 0 fully saturated rings. The Bertz CT molecular complexity index is 1450. The minimum atomic E-state index is -0.316. The van der Waals surface area contributed by atoms with Crippen molar-refractivity contribution >= 4 is 29.3 Å². The molecule has 2 amide bonds. The molecule has 0 bridgehead atoms. The van der Waals surface area contributed by atoms with Crippen LogP contribution in [0.4, 0.5) is 5.69 Å². The molecule has 4 rings (SSSR count). The molecule has 7 nitrogen and oxygen atoms in total. The Hall–Kier alpha value is -4.04. The number of anilines is 1. The average molecular weight is 515 g/mol. The van der Waals surface area contributed by atoms with Gasteiger partial charge < -0.3 is 10.6 Å². The molecule has 0 aliphatic rings. The summed E-state index contributed by atoms with van der Waals surface area (Å²) in [6, 6.07) is 26.5. The minimum absolute atomic E-state index is 0.0593. The standard InChI is InChI=1S/C29H30N4O3S/c1-20(22-12-6-4-7-13-22)18-30-28(35)24-16-10-11-17-25(24)37-19-26(34)31-27-21(2)32(3)33(29(27)36)23-14-8-5-9-15-23/h4-17,20H,18-19H2,1-3H3,(H,30,35)(H,31,34)/t20-/m0/s1. The lowest BCUT2D eigenvalue weighted by Gasteiger charge is -2.14. The van der Waals surface area contributed by atoms with Crippen LogP contribution in [-0.4, -0.2) is 33.5 Å². The van der Waals surface area contributed by atoms with Crippen LogP contribution in [0.25, 0.3) is 5.69 Å². The summed E-state index contributed by atoms with van der Waals surface area (Å²) in [4.78, 5) is 39.5. The monoisotopic (exact) mass is 514 g/mol. The van der Waals surface area contributed by atoms with Gasteiger partial charge in [0.25, 0.3) is 11.5 Å². The fraction of sp³-hybridized carbons (Fsp3) is 0.207. The van der Waals surface area contributed by atoms with E-state index in [1.54, 1.807) is 30.8 Å². The van der Waals surface area contributed by atoms with E-state index in [1.807, 2.05) is 72.8 Å². The average Bonchev–Trinajstić information content (AvgIpc) is 3.14. The van der Waals surface area contributed by atoms with Gasteiger partial charge in [-0.2, -0.15) is 0 Å². The molecule has 1 aromatic heterocycles. The van der Waals surface area contributed by atoms with Gasteiger partial charge >= 0.3 is 0 Å². The molecule has 1 atom stereocenters. The van der Waals surface area contributed by atoms with Gasteiger partial charge in [0.1, 0.15) is 5.69 Å². The lowest BCUT2D eigenvalue weighted by atomic mass is 10.0. The van der Waals surface area contributed by atoms with E-state index < -0.39 is 0 Å². The lowest BCUT2D eigenvalue weighted by Crippen LogP contribution is -2.28. The van der Waals surface area contributed by atoms with Gasteiger partial charge in [0.05, 0.1) is 22.7 Å². The number of hydrogen-bond acceptors (Lipinski definition) is 4. The normalized spacial score (nSPS) is 11.6. The molecule has 0 saturated heterocycles. The molecule has 0 aliphatic heterocycles. The second kappa shape index (κ2) is 11.8. The quantitative estimate of drug-likeness (QED) is 0.316. The van der Waals surface area contributed by atoms with E-state index in [4.69, 9.17) is 0 Å². The number of amides is 2. The maximum atomic E-state index is 13.1. The van der Waals surface area contributed by atoms with Crippen LogP contribution in [0, 0.1) is 6.92 Å². The number of nitrogens with one attached hydrogen (secondary N) is 2. The zero-order valence-electron chi connectivity index (χ0n) is 21.1. The van der Waals surface area contributed by atoms with Crippen LogP contribution < -0.4 is 16.2 Å². The summed E-state index contributed by atoms with van der Waals surface area (Å²) >= 11 is 1.26. The van der Waals surface area contributed by atoms with Crippen LogP contribution >= 0.6 is 11.8 Å². The highest BCUT2D eigenvalue weighted by molar-refractivity contribution is 8.00. The van der Waals surface area contributed by atoms with Crippen molar-refractivity contribution in [2.75, 3.05) is 17.6 Å². The van der Waals surface area contributed by atoms with Crippen molar-refractivity contribution in [2.45, 2.75) is 24.7 Å². The van der Waals surface area contributed by atoms with Crippen molar-refractivity contribution < 1.29 is 9.59 Å². The first kappa shape index (κ1) is 26.0. The van der Waals surface area contributed by atoms with E-state index in [2.05, 4.69) is 17.6 Å². The van der Waals surface area contributed by atoms with Crippen molar-refractivity contribution in [1.29, 1.82) is 0 Å². The molecule has 8 heteroatoms. The molecule has 0 spiro atoms. The minimum Gasteiger partial charge on any atom is -0.351 e. The van der Waals surface area contributed by atoms with Crippen molar-refractivity contribution in [3.05, 3.63) is 112 Å².